The molecule has 0 aromatic heterocycles. The fraction of sp³-hybridized carbons (Fsp3) is 0.294. The van der Waals surface area contributed by atoms with Crippen LogP contribution in [0.25, 0.3) is 11.1 Å². The molecule has 0 unspecified atom stereocenters. The van der Waals surface area contributed by atoms with Crippen molar-refractivity contribution in [3.8, 4) is 22.6 Å². The van der Waals surface area contributed by atoms with Gasteiger partial charge in [-0.15, -0.1) is 0 Å². The molecule has 0 fully saturated rings. The monoisotopic (exact) mass is 254 g/mol. The van der Waals surface area contributed by atoms with Crippen LogP contribution in [-0.4, -0.2) is 14.2 Å². The van der Waals surface area contributed by atoms with Gasteiger partial charge in [0, 0.05) is 0 Å². The Labute approximate surface area is 114 Å². The number of aryl methyl sites for hydroxylation is 2. The summed E-state index contributed by atoms with van der Waals surface area (Å²) in [6, 6.07) is 8.77. The zero-order valence-electron chi connectivity index (χ0n) is 11.8. The smallest absolute Gasteiger partial charge is 0.122 e. The molecule has 1 aliphatic carbocycles. The molecule has 0 N–H and O–H groups in total. The average Bonchev–Trinajstić information content (AvgIpc) is 2.73. The summed E-state index contributed by atoms with van der Waals surface area (Å²) in [7, 11) is 3.45. The molecule has 19 heavy (non-hydrogen) atoms. The van der Waals surface area contributed by atoms with Crippen molar-refractivity contribution < 1.29 is 9.47 Å². The van der Waals surface area contributed by atoms with Crippen LogP contribution in [0.15, 0.2) is 24.3 Å². The van der Waals surface area contributed by atoms with Crippen LogP contribution in [0.2, 0.25) is 0 Å². The van der Waals surface area contributed by atoms with Crippen molar-refractivity contribution in [3.63, 3.8) is 0 Å². The maximum absolute atomic E-state index is 5.41. The minimum Gasteiger partial charge on any atom is -0.496 e. The van der Waals surface area contributed by atoms with E-state index in [4.69, 9.17) is 9.47 Å². The maximum Gasteiger partial charge on any atom is 0.122 e. The lowest BCUT2D eigenvalue weighted by Crippen LogP contribution is -1.90. The van der Waals surface area contributed by atoms with E-state index in [0.717, 1.165) is 17.9 Å². The summed E-state index contributed by atoms with van der Waals surface area (Å²) in [6.45, 7) is 4.18. The predicted molar refractivity (Wildman–Crippen MR) is 77.3 cm³/mol. The van der Waals surface area contributed by atoms with Gasteiger partial charge in [-0.3, -0.25) is 0 Å². The quantitative estimate of drug-likeness (QED) is 0.690. The Morgan fingerprint density at radius 1 is 0.737 bits per heavy atom. The summed E-state index contributed by atoms with van der Waals surface area (Å²) in [4.78, 5) is 0. The van der Waals surface area contributed by atoms with E-state index in [1.807, 2.05) is 0 Å². The van der Waals surface area contributed by atoms with Gasteiger partial charge >= 0.3 is 0 Å². The summed E-state index contributed by atoms with van der Waals surface area (Å²) in [5, 5.41) is 0. The fourth-order valence-electron chi connectivity index (χ4n) is 2.90. The summed E-state index contributed by atoms with van der Waals surface area (Å²) in [6.07, 6.45) is 0.956. The third-order valence-electron chi connectivity index (χ3n) is 3.91. The van der Waals surface area contributed by atoms with E-state index in [9.17, 15) is 0 Å². The van der Waals surface area contributed by atoms with Crippen molar-refractivity contribution in [2.24, 2.45) is 0 Å². The number of ether oxygens (including phenoxy) is 2. The molecule has 2 aromatic rings. The van der Waals surface area contributed by atoms with Crippen molar-refractivity contribution in [1.82, 2.24) is 0 Å². The van der Waals surface area contributed by atoms with Crippen molar-refractivity contribution >= 4 is 0 Å². The van der Waals surface area contributed by atoms with Crippen molar-refractivity contribution in [1.29, 1.82) is 0 Å². The molecule has 2 aromatic carbocycles. The van der Waals surface area contributed by atoms with Crippen LogP contribution in [0.4, 0.5) is 0 Å². The molecule has 0 heterocycles. The second kappa shape index (κ2) is 4.30. The summed E-state index contributed by atoms with van der Waals surface area (Å²) in [5.74, 6) is 1.94. The lowest BCUT2D eigenvalue weighted by Gasteiger charge is -2.09. The van der Waals surface area contributed by atoms with Crippen LogP contribution < -0.4 is 9.47 Å². The highest BCUT2D eigenvalue weighted by Gasteiger charge is 2.21. The lowest BCUT2D eigenvalue weighted by molar-refractivity contribution is 0.411. The van der Waals surface area contributed by atoms with Crippen molar-refractivity contribution in [2.75, 3.05) is 14.2 Å². The largest absolute Gasteiger partial charge is 0.496 e. The molecular weight excluding hydrogens is 236 g/mol. The number of hydrogen-bond acceptors (Lipinski definition) is 2. The van der Waals surface area contributed by atoms with Crippen LogP contribution in [-0.2, 0) is 6.42 Å². The van der Waals surface area contributed by atoms with Gasteiger partial charge in [0.05, 0.1) is 14.2 Å². The van der Waals surface area contributed by atoms with Crippen LogP contribution in [0.1, 0.15) is 22.3 Å². The molecule has 0 atom stereocenters. The SMILES string of the molecule is COc1cc2c(cc1C)-c1cc(C)c(OC)cc1C2. The van der Waals surface area contributed by atoms with Crippen molar-refractivity contribution in [3.05, 3.63) is 46.5 Å². The maximum atomic E-state index is 5.41. The normalized spacial score (nSPS) is 12.0. The van der Waals surface area contributed by atoms with Crippen LogP contribution in [0, 0.1) is 13.8 Å². The third kappa shape index (κ3) is 1.79. The molecule has 2 nitrogen and oxygen atoms in total. The van der Waals surface area contributed by atoms with Gasteiger partial charge in [-0.1, -0.05) is 0 Å². The first-order valence-corrected chi connectivity index (χ1v) is 6.49. The highest BCUT2D eigenvalue weighted by molar-refractivity contribution is 5.79. The Balaban J connectivity index is 2.18. The number of rotatable bonds is 2. The van der Waals surface area contributed by atoms with Gasteiger partial charge in [0.15, 0.2) is 0 Å². The van der Waals surface area contributed by atoms with E-state index >= 15 is 0 Å². The standard InChI is InChI=1S/C17H18O2/c1-10-5-14-12(8-16(10)18-3)7-13-9-17(19-4)11(2)6-15(13)14/h5-6,8-9H,7H2,1-4H3. The molecule has 1 aliphatic rings. The van der Waals surface area contributed by atoms with E-state index in [2.05, 4.69) is 38.1 Å². The second-order valence-electron chi connectivity index (χ2n) is 5.13. The van der Waals surface area contributed by atoms with Gasteiger partial charge in [0.2, 0.25) is 0 Å². The molecule has 0 bridgehead atoms. The summed E-state index contributed by atoms with van der Waals surface area (Å²) in [5.41, 5.74) is 7.71. The molecule has 98 valence electrons. The minimum atomic E-state index is 0.956. The fourth-order valence-corrected chi connectivity index (χ4v) is 2.90. The van der Waals surface area contributed by atoms with E-state index in [1.54, 1.807) is 14.2 Å². The van der Waals surface area contributed by atoms with Gasteiger partial charge in [-0.25, -0.2) is 0 Å². The molecule has 0 aliphatic heterocycles. The van der Waals surface area contributed by atoms with Gasteiger partial charge in [0.1, 0.15) is 11.5 Å². The van der Waals surface area contributed by atoms with E-state index in [0.29, 0.717) is 0 Å². The number of fused-ring (bicyclic) bond motifs is 3. The first kappa shape index (κ1) is 12.1. The van der Waals surface area contributed by atoms with Crippen molar-refractivity contribution in [2.45, 2.75) is 20.3 Å². The first-order valence-electron chi connectivity index (χ1n) is 6.49. The number of hydrogen-bond donors (Lipinski definition) is 0. The zero-order chi connectivity index (χ0) is 13.6. The van der Waals surface area contributed by atoms with Gasteiger partial charge in [0.25, 0.3) is 0 Å². The van der Waals surface area contributed by atoms with E-state index in [1.165, 1.54) is 33.4 Å². The van der Waals surface area contributed by atoms with Crippen LogP contribution in [0.3, 0.4) is 0 Å². The Morgan fingerprint density at radius 2 is 1.16 bits per heavy atom. The average molecular weight is 254 g/mol. The molecule has 0 spiro atoms. The molecular formula is C17H18O2. The summed E-state index contributed by atoms with van der Waals surface area (Å²) < 4.78 is 10.8. The number of methoxy groups -OCH3 is 2. The van der Waals surface area contributed by atoms with Gasteiger partial charge < -0.3 is 9.47 Å². The van der Waals surface area contributed by atoms with Crippen LogP contribution in [0.5, 0.6) is 11.5 Å². The third-order valence-corrected chi connectivity index (χ3v) is 3.91. The van der Waals surface area contributed by atoms with E-state index < -0.39 is 0 Å². The molecule has 3 rings (SSSR count). The molecule has 0 saturated carbocycles. The highest BCUT2D eigenvalue weighted by Crippen LogP contribution is 2.42. The lowest BCUT2D eigenvalue weighted by atomic mass is 10.0. The number of benzene rings is 2. The van der Waals surface area contributed by atoms with Gasteiger partial charge in [-0.05, 0) is 77.9 Å². The Bertz CT molecular complexity index is 599. The second-order valence-corrected chi connectivity index (χ2v) is 5.13. The Hall–Kier alpha value is -1.96. The van der Waals surface area contributed by atoms with Gasteiger partial charge in [-0.2, -0.15) is 0 Å². The molecule has 0 saturated heterocycles. The predicted octanol–water partition coefficient (Wildman–Crippen LogP) is 3.89. The minimum absolute atomic E-state index is 0.956. The zero-order valence-corrected chi connectivity index (χ0v) is 11.8. The highest BCUT2D eigenvalue weighted by atomic mass is 16.5. The van der Waals surface area contributed by atoms with E-state index in [-0.39, 0.29) is 0 Å². The first-order chi connectivity index (χ1) is 9.13. The molecule has 0 amide bonds. The molecule has 2 heteroatoms. The van der Waals surface area contributed by atoms with Crippen LogP contribution >= 0.6 is 0 Å². The Kier molecular flexibility index (Phi) is 2.74. The molecule has 0 radical (unpaired) electrons. The summed E-state index contributed by atoms with van der Waals surface area (Å²) >= 11 is 0. The Morgan fingerprint density at radius 3 is 1.53 bits per heavy atom. The topological polar surface area (TPSA) is 18.5 Å².